The number of esters is 1. The number of ether oxygens (including phenoxy) is 1. The summed E-state index contributed by atoms with van der Waals surface area (Å²) < 4.78 is 4.91. The minimum atomic E-state index is -0.498. The Hall–Kier alpha value is -1.40. The Kier molecular flexibility index (Phi) is 8.10. The molecule has 0 heterocycles. The molecular weight excluding hydrogens is 417 g/mol. The van der Waals surface area contributed by atoms with Crippen molar-refractivity contribution in [2.45, 2.75) is 12.7 Å². The summed E-state index contributed by atoms with van der Waals surface area (Å²) in [7, 11) is 0. The molecule has 0 aliphatic carbocycles. The van der Waals surface area contributed by atoms with Crippen molar-refractivity contribution in [3.63, 3.8) is 0 Å². The second kappa shape index (κ2) is 10.1. The molecule has 1 N–H and O–H groups in total. The number of hydrogen-bond donors (Lipinski definition) is 1. The van der Waals surface area contributed by atoms with Gasteiger partial charge in [-0.05, 0) is 42.8 Å². The summed E-state index contributed by atoms with van der Waals surface area (Å²) in [5.41, 5.74) is 1.56. The number of nitrogens with one attached hydrogen (secondary N) is 1. The van der Waals surface area contributed by atoms with E-state index in [0.717, 1.165) is 5.56 Å². The van der Waals surface area contributed by atoms with Gasteiger partial charge in [0.1, 0.15) is 0 Å². The van der Waals surface area contributed by atoms with E-state index < -0.39 is 5.97 Å². The van der Waals surface area contributed by atoms with Crippen LogP contribution in [0.4, 0.5) is 5.69 Å². The van der Waals surface area contributed by atoms with E-state index in [0.29, 0.717) is 21.5 Å². The molecule has 1 amide bonds. The fraction of sp³-hybridized carbons (Fsp3) is 0.222. The Balaban J connectivity index is 1.90. The third kappa shape index (κ3) is 5.81. The van der Waals surface area contributed by atoms with Gasteiger partial charge in [0.2, 0.25) is 5.91 Å². The van der Waals surface area contributed by atoms with Crippen molar-refractivity contribution >= 4 is 64.1 Å². The number of benzene rings is 2. The number of carbonyl (C=O) groups excluding carboxylic acids is 2. The van der Waals surface area contributed by atoms with Gasteiger partial charge >= 0.3 is 5.97 Å². The predicted octanol–water partition coefficient (Wildman–Crippen LogP) is 5.70. The Labute approximate surface area is 171 Å². The zero-order chi connectivity index (χ0) is 19.1. The zero-order valence-corrected chi connectivity index (χ0v) is 16.9. The summed E-state index contributed by atoms with van der Waals surface area (Å²) in [6.07, 6.45) is 0. The van der Waals surface area contributed by atoms with Crippen LogP contribution >= 0.6 is 46.6 Å². The lowest BCUT2D eigenvalue weighted by Gasteiger charge is -2.09. The smallest absolute Gasteiger partial charge is 0.339 e. The molecule has 0 unspecified atom stereocenters. The van der Waals surface area contributed by atoms with Crippen molar-refractivity contribution in [3.8, 4) is 0 Å². The Bertz CT molecular complexity index is 794. The summed E-state index contributed by atoms with van der Waals surface area (Å²) in [5, 5.41) is 4.10. The van der Waals surface area contributed by atoms with Crippen molar-refractivity contribution < 1.29 is 14.3 Å². The third-order valence-electron chi connectivity index (χ3n) is 3.29. The summed E-state index contributed by atoms with van der Waals surface area (Å²) in [6, 6.07) is 9.93. The lowest BCUT2D eigenvalue weighted by molar-refractivity contribution is -0.113. The molecule has 2 rings (SSSR count). The van der Waals surface area contributed by atoms with E-state index in [1.54, 1.807) is 31.2 Å². The van der Waals surface area contributed by atoms with Crippen LogP contribution in [0, 0.1) is 0 Å². The van der Waals surface area contributed by atoms with Gasteiger partial charge in [-0.2, -0.15) is 0 Å². The van der Waals surface area contributed by atoms with Gasteiger partial charge in [-0.25, -0.2) is 4.79 Å². The fourth-order valence-corrected chi connectivity index (χ4v) is 3.90. The van der Waals surface area contributed by atoms with Crippen LogP contribution in [-0.2, 0) is 15.3 Å². The second-order valence-electron chi connectivity index (χ2n) is 5.16. The first-order valence-corrected chi connectivity index (χ1v) is 9.98. The number of anilines is 1. The van der Waals surface area contributed by atoms with Crippen molar-refractivity contribution in [2.24, 2.45) is 0 Å². The molecule has 138 valence electrons. The van der Waals surface area contributed by atoms with Crippen LogP contribution < -0.4 is 5.32 Å². The summed E-state index contributed by atoms with van der Waals surface area (Å²) in [4.78, 5) is 23.8. The molecule has 0 saturated heterocycles. The second-order valence-corrected chi connectivity index (χ2v) is 7.36. The molecule has 0 atom stereocenters. The lowest BCUT2D eigenvalue weighted by atomic mass is 10.2. The normalized spacial score (nSPS) is 10.5. The van der Waals surface area contributed by atoms with E-state index in [2.05, 4.69) is 5.32 Å². The van der Waals surface area contributed by atoms with Gasteiger partial charge in [0.05, 0.1) is 22.9 Å². The molecule has 0 radical (unpaired) electrons. The quantitative estimate of drug-likeness (QED) is 0.571. The van der Waals surface area contributed by atoms with E-state index in [9.17, 15) is 9.59 Å². The topological polar surface area (TPSA) is 55.4 Å². The molecule has 0 aliphatic heterocycles. The van der Waals surface area contributed by atoms with Gasteiger partial charge in [-0.3, -0.25) is 4.79 Å². The zero-order valence-electron chi connectivity index (χ0n) is 13.9. The number of thioether (sulfide) groups is 1. The van der Waals surface area contributed by atoms with Crippen LogP contribution in [0.3, 0.4) is 0 Å². The first-order valence-electron chi connectivity index (χ1n) is 7.69. The van der Waals surface area contributed by atoms with E-state index in [1.807, 2.05) is 0 Å². The number of amides is 1. The van der Waals surface area contributed by atoms with Crippen molar-refractivity contribution in [1.82, 2.24) is 0 Å². The molecule has 2 aromatic rings. The summed E-state index contributed by atoms with van der Waals surface area (Å²) in [6.45, 7) is 1.98. The molecule has 0 aliphatic rings. The van der Waals surface area contributed by atoms with Gasteiger partial charge in [0.15, 0.2) is 0 Å². The number of rotatable bonds is 7. The monoisotopic (exact) mass is 431 g/mol. The molecule has 0 bridgehead atoms. The molecule has 0 saturated carbocycles. The molecule has 0 aromatic heterocycles. The van der Waals surface area contributed by atoms with Gasteiger partial charge in [-0.15, -0.1) is 11.8 Å². The van der Waals surface area contributed by atoms with Crippen molar-refractivity contribution in [1.29, 1.82) is 0 Å². The van der Waals surface area contributed by atoms with Gasteiger partial charge in [0, 0.05) is 21.5 Å². The average molecular weight is 433 g/mol. The molecule has 0 spiro atoms. The SMILES string of the molecule is CCOC(=O)c1ccc(NC(=O)CSCc2c(Cl)cccc2Cl)cc1Cl. The van der Waals surface area contributed by atoms with E-state index >= 15 is 0 Å². The van der Waals surface area contributed by atoms with E-state index in [1.165, 1.54) is 23.9 Å². The number of halogens is 3. The highest BCUT2D eigenvalue weighted by Crippen LogP contribution is 2.28. The first kappa shape index (κ1) is 20.9. The Morgan fingerprint density at radius 3 is 2.38 bits per heavy atom. The minimum absolute atomic E-state index is 0.196. The summed E-state index contributed by atoms with van der Waals surface area (Å²) in [5.74, 6) is 0.0495. The third-order valence-corrected chi connectivity index (χ3v) is 5.27. The Morgan fingerprint density at radius 1 is 1.08 bits per heavy atom. The van der Waals surface area contributed by atoms with Gasteiger partial charge < -0.3 is 10.1 Å². The van der Waals surface area contributed by atoms with Crippen molar-refractivity contribution in [2.75, 3.05) is 17.7 Å². The van der Waals surface area contributed by atoms with Gasteiger partial charge in [0.25, 0.3) is 0 Å². The largest absolute Gasteiger partial charge is 0.462 e. The maximum atomic E-state index is 12.1. The van der Waals surface area contributed by atoms with E-state index in [4.69, 9.17) is 39.5 Å². The van der Waals surface area contributed by atoms with Crippen LogP contribution in [0.15, 0.2) is 36.4 Å². The van der Waals surface area contributed by atoms with Crippen molar-refractivity contribution in [3.05, 3.63) is 62.6 Å². The first-order chi connectivity index (χ1) is 12.4. The lowest BCUT2D eigenvalue weighted by Crippen LogP contribution is -2.14. The Morgan fingerprint density at radius 2 is 1.77 bits per heavy atom. The van der Waals surface area contributed by atoms with Crippen LogP contribution in [0.1, 0.15) is 22.8 Å². The van der Waals surface area contributed by atoms with Crippen LogP contribution in [0.25, 0.3) is 0 Å². The highest BCUT2D eigenvalue weighted by atomic mass is 35.5. The van der Waals surface area contributed by atoms with Crippen LogP contribution in [-0.4, -0.2) is 24.2 Å². The maximum absolute atomic E-state index is 12.1. The molecular formula is C18H16Cl3NO3S. The number of hydrogen-bond acceptors (Lipinski definition) is 4. The molecule has 8 heteroatoms. The van der Waals surface area contributed by atoms with Gasteiger partial charge in [-0.1, -0.05) is 40.9 Å². The van der Waals surface area contributed by atoms with E-state index in [-0.39, 0.29) is 28.9 Å². The fourth-order valence-electron chi connectivity index (χ4n) is 2.08. The minimum Gasteiger partial charge on any atom is -0.462 e. The molecule has 0 fully saturated rings. The van der Waals surface area contributed by atoms with Crippen LogP contribution in [0.2, 0.25) is 15.1 Å². The predicted molar refractivity (Wildman–Crippen MR) is 109 cm³/mol. The molecule has 26 heavy (non-hydrogen) atoms. The molecule has 4 nitrogen and oxygen atoms in total. The summed E-state index contributed by atoms with van der Waals surface area (Å²) >= 11 is 19.7. The highest BCUT2D eigenvalue weighted by Gasteiger charge is 2.13. The average Bonchev–Trinajstić information content (AvgIpc) is 2.58. The highest BCUT2D eigenvalue weighted by molar-refractivity contribution is 7.99. The molecule has 2 aromatic carbocycles. The van der Waals surface area contributed by atoms with Crippen LogP contribution in [0.5, 0.6) is 0 Å². The maximum Gasteiger partial charge on any atom is 0.339 e. The standard InChI is InChI=1S/C18H16Cl3NO3S/c1-2-25-18(24)12-7-6-11(8-16(12)21)22-17(23)10-26-9-13-14(19)4-3-5-15(13)20/h3-8H,2,9-10H2,1H3,(H,22,23). The number of carbonyl (C=O) groups is 2.